The number of amides is 1. The molecule has 0 unspecified atom stereocenters. The number of rotatable bonds is 8. The molecule has 3 aromatic rings. The summed E-state index contributed by atoms with van der Waals surface area (Å²) in [6.07, 6.45) is 1.77. The van der Waals surface area contributed by atoms with E-state index in [-0.39, 0.29) is 11.9 Å². The molecule has 0 bridgehead atoms. The first-order chi connectivity index (χ1) is 16.5. The van der Waals surface area contributed by atoms with Crippen molar-refractivity contribution in [2.24, 2.45) is 4.99 Å². The normalized spacial score (nSPS) is 17.3. The first-order valence-electron chi connectivity index (χ1n) is 11.6. The monoisotopic (exact) mass is 455 g/mol. The lowest BCUT2D eigenvalue weighted by molar-refractivity contribution is -0.138. The molecule has 0 radical (unpaired) electrons. The molecule has 1 saturated heterocycles. The van der Waals surface area contributed by atoms with E-state index in [1.807, 2.05) is 72.8 Å². The van der Waals surface area contributed by atoms with Crippen LogP contribution in [-0.4, -0.2) is 46.2 Å². The van der Waals surface area contributed by atoms with Crippen LogP contribution in [-0.2, 0) is 16.1 Å². The lowest BCUT2D eigenvalue weighted by Gasteiger charge is -2.24. The highest BCUT2D eigenvalue weighted by Gasteiger charge is 2.31. The van der Waals surface area contributed by atoms with Crippen LogP contribution in [0, 0.1) is 0 Å². The van der Waals surface area contributed by atoms with Crippen LogP contribution in [0.15, 0.2) is 89.9 Å². The van der Waals surface area contributed by atoms with Gasteiger partial charge in [0.15, 0.2) is 0 Å². The fraction of sp³-hybridized carbons (Fsp3) is 0.250. The van der Waals surface area contributed by atoms with E-state index in [1.54, 1.807) is 6.92 Å². The minimum atomic E-state index is -1.00. The first-order valence-corrected chi connectivity index (χ1v) is 11.6. The maximum atomic E-state index is 13.4. The predicted molar refractivity (Wildman–Crippen MR) is 134 cm³/mol. The molecule has 0 aliphatic carbocycles. The molecule has 1 heterocycles. The molecule has 1 amide bonds. The number of carboxylic acids is 1. The summed E-state index contributed by atoms with van der Waals surface area (Å²) in [5.41, 5.74) is 3.84. The van der Waals surface area contributed by atoms with Gasteiger partial charge >= 0.3 is 5.97 Å². The number of likely N-dealkylation sites (tertiary alicyclic amines) is 1. The largest absolute Gasteiger partial charge is 0.480 e. The third kappa shape index (κ3) is 5.58. The molecule has 2 N–H and O–H groups in total. The minimum absolute atomic E-state index is 0.0559. The number of aliphatic imine (C=N–C) groups is 1. The third-order valence-corrected chi connectivity index (χ3v) is 6.06. The molecule has 1 aliphatic heterocycles. The van der Waals surface area contributed by atoms with Gasteiger partial charge in [0.2, 0.25) is 5.91 Å². The van der Waals surface area contributed by atoms with Crippen molar-refractivity contribution in [1.82, 2.24) is 4.90 Å². The molecule has 0 saturated carbocycles. The van der Waals surface area contributed by atoms with Crippen LogP contribution in [0.25, 0.3) is 0 Å². The smallest absolute Gasteiger partial charge is 0.328 e. The predicted octanol–water partition coefficient (Wildman–Crippen LogP) is 4.60. The molecule has 0 aromatic heterocycles. The van der Waals surface area contributed by atoms with E-state index >= 15 is 0 Å². The average Bonchev–Trinajstić information content (AvgIpc) is 3.32. The number of benzene rings is 3. The molecule has 3 aromatic carbocycles. The second kappa shape index (κ2) is 10.9. The summed E-state index contributed by atoms with van der Waals surface area (Å²) in [6.45, 7) is 3.15. The van der Waals surface area contributed by atoms with Crippen LogP contribution in [0.1, 0.15) is 36.5 Å². The maximum absolute atomic E-state index is 13.4. The van der Waals surface area contributed by atoms with Gasteiger partial charge in [0.25, 0.3) is 0 Å². The highest BCUT2D eigenvalue weighted by atomic mass is 16.4. The van der Waals surface area contributed by atoms with Crippen molar-refractivity contribution >= 4 is 23.3 Å². The zero-order chi connectivity index (χ0) is 23.9. The van der Waals surface area contributed by atoms with E-state index in [2.05, 4.69) is 27.3 Å². The Morgan fingerprint density at radius 2 is 1.65 bits per heavy atom. The molecular weight excluding hydrogens is 426 g/mol. The number of nitrogens with one attached hydrogen (secondary N) is 1. The van der Waals surface area contributed by atoms with Crippen molar-refractivity contribution in [1.29, 1.82) is 0 Å². The van der Waals surface area contributed by atoms with E-state index in [0.717, 1.165) is 31.5 Å². The van der Waals surface area contributed by atoms with Gasteiger partial charge in [-0.05, 0) is 37.9 Å². The Labute approximate surface area is 200 Å². The Hall–Kier alpha value is -3.77. The molecule has 6 heteroatoms. The van der Waals surface area contributed by atoms with Crippen molar-refractivity contribution in [3.63, 3.8) is 0 Å². The lowest BCUT2D eigenvalue weighted by atomic mass is 9.99. The summed E-state index contributed by atoms with van der Waals surface area (Å²) >= 11 is 0. The van der Waals surface area contributed by atoms with Crippen LogP contribution in [0.3, 0.4) is 0 Å². The third-order valence-electron chi connectivity index (χ3n) is 6.06. The van der Waals surface area contributed by atoms with Crippen LogP contribution in [0.2, 0.25) is 0 Å². The molecule has 34 heavy (non-hydrogen) atoms. The Bertz CT molecular complexity index is 1160. The van der Waals surface area contributed by atoms with Gasteiger partial charge < -0.3 is 10.4 Å². The van der Waals surface area contributed by atoms with Crippen LogP contribution in [0.5, 0.6) is 0 Å². The SMILES string of the molecule is C[C@@H](N=C(c1ccccc1)c1ccccc1NC(=O)[C@H]1CCCN1Cc1ccccc1)C(=O)O. The van der Waals surface area contributed by atoms with Crippen molar-refractivity contribution in [2.45, 2.75) is 38.4 Å². The summed E-state index contributed by atoms with van der Waals surface area (Å²) in [5, 5.41) is 12.6. The standard InChI is InChI=1S/C28H29N3O3/c1-20(28(33)34)29-26(22-13-6-3-7-14-22)23-15-8-9-16-24(23)30-27(32)25-17-10-18-31(25)19-21-11-4-2-5-12-21/h2-9,11-16,20,25H,10,17-19H2,1H3,(H,30,32)(H,33,34)/t20-,25-/m1/s1. The molecule has 6 nitrogen and oxygen atoms in total. The Morgan fingerprint density at radius 3 is 2.35 bits per heavy atom. The number of para-hydroxylation sites is 1. The summed E-state index contributed by atoms with van der Waals surface area (Å²) in [7, 11) is 0. The minimum Gasteiger partial charge on any atom is -0.480 e. The van der Waals surface area contributed by atoms with Gasteiger partial charge in [0, 0.05) is 17.7 Å². The quantitative estimate of drug-likeness (QED) is 0.487. The van der Waals surface area contributed by atoms with Gasteiger partial charge in [-0.2, -0.15) is 0 Å². The Morgan fingerprint density at radius 1 is 1.00 bits per heavy atom. The van der Waals surface area contributed by atoms with Gasteiger partial charge in [0.05, 0.1) is 17.4 Å². The molecule has 1 fully saturated rings. The highest BCUT2D eigenvalue weighted by molar-refractivity contribution is 6.17. The van der Waals surface area contributed by atoms with Crippen molar-refractivity contribution in [3.8, 4) is 0 Å². The first kappa shape index (κ1) is 23.4. The molecule has 2 atom stereocenters. The number of carbonyl (C=O) groups is 2. The molecular formula is C28H29N3O3. The lowest BCUT2D eigenvalue weighted by Crippen LogP contribution is -2.39. The van der Waals surface area contributed by atoms with Crippen molar-refractivity contribution in [3.05, 3.63) is 102 Å². The van der Waals surface area contributed by atoms with E-state index in [0.29, 0.717) is 17.0 Å². The second-order valence-corrected chi connectivity index (χ2v) is 8.51. The number of carbonyl (C=O) groups excluding carboxylic acids is 1. The molecule has 1 aliphatic rings. The Kier molecular flexibility index (Phi) is 7.50. The van der Waals surface area contributed by atoms with Gasteiger partial charge in [-0.15, -0.1) is 0 Å². The number of carboxylic acid groups (broad SMARTS) is 1. The summed E-state index contributed by atoms with van der Waals surface area (Å²) in [5.74, 6) is -1.06. The van der Waals surface area contributed by atoms with Crippen molar-refractivity contribution in [2.75, 3.05) is 11.9 Å². The van der Waals surface area contributed by atoms with Gasteiger partial charge in [0.1, 0.15) is 6.04 Å². The Balaban J connectivity index is 1.61. The number of anilines is 1. The van der Waals surface area contributed by atoms with Gasteiger partial charge in [-0.25, -0.2) is 4.79 Å². The zero-order valence-electron chi connectivity index (χ0n) is 19.2. The van der Waals surface area contributed by atoms with E-state index < -0.39 is 12.0 Å². The van der Waals surface area contributed by atoms with Crippen molar-refractivity contribution < 1.29 is 14.7 Å². The number of hydrogen-bond donors (Lipinski definition) is 2. The van der Waals surface area contributed by atoms with Gasteiger partial charge in [-0.1, -0.05) is 78.9 Å². The van der Waals surface area contributed by atoms with Crippen LogP contribution >= 0.6 is 0 Å². The summed E-state index contributed by atoms with van der Waals surface area (Å²) < 4.78 is 0. The fourth-order valence-corrected chi connectivity index (χ4v) is 4.29. The zero-order valence-corrected chi connectivity index (χ0v) is 19.2. The maximum Gasteiger partial charge on any atom is 0.328 e. The van der Waals surface area contributed by atoms with Gasteiger partial charge in [-0.3, -0.25) is 14.7 Å². The second-order valence-electron chi connectivity index (χ2n) is 8.51. The number of nitrogens with zero attached hydrogens (tertiary/aromatic N) is 2. The summed E-state index contributed by atoms with van der Waals surface area (Å²) in [6, 6.07) is 25.9. The van der Waals surface area contributed by atoms with E-state index in [4.69, 9.17) is 0 Å². The van der Waals surface area contributed by atoms with E-state index in [9.17, 15) is 14.7 Å². The molecule has 0 spiro atoms. The van der Waals surface area contributed by atoms with Crippen LogP contribution in [0.4, 0.5) is 5.69 Å². The summed E-state index contributed by atoms with van der Waals surface area (Å²) in [4.78, 5) is 31.6. The molecule has 174 valence electrons. The topological polar surface area (TPSA) is 82.0 Å². The highest BCUT2D eigenvalue weighted by Crippen LogP contribution is 2.25. The van der Waals surface area contributed by atoms with E-state index in [1.165, 1.54) is 5.56 Å². The fourth-order valence-electron chi connectivity index (χ4n) is 4.29. The number of hydrogen-bond acceptors (Lipinski definition) is 4. The van der Waals surface area contributed by atoms with Crippen LogP contribution < -0.4 is 5.32 Å². The number of aliphatic carboxylic acids is 1. The molecule has 4 rings (SSSR count). The average molecular weight is 456 g/mol.